The molecule has 332 valence electrons. The van der Waals surface area contributed by atoms with Gasteiger partial charge in [-0.05, 0) is 83.0 Å². The minimum absolute atomic E-state index is 0.0949. The van der Waals surface area contributed by atoms with Gasteiger partial charge in [-0.25, -0.2) is 19.6 Å². The monoisotopic (exact) mass is 866 g/mol. The summed E-state index contributed by atoms with van der Waals surface area (Å²) in [5, 5.41) is 7.91. The molecule has 64 heavy (non-hydrogen) atoms. The van der Waals surface area contributed by atoms with Gasteiger partial charge in [0, 0.05) is 43.1 Å². The Kier molecular flexibility index (Phi) is 11.0. The molecule has 0 spiro atoms. The lowest BCUT2D eigenvalue weighted by molar-refractivity contribution is -0.135. The molecule has 15 heteroatoms. The average Bonchev–Trinajstić information content (AvgIpc) is 3.74. The largest absolute Gasteiger partial charge is 0.488 e. The quantitative estimate of drug-likeness (QED) is 0.0950. The number of methoxy groups -OCH3 is 3. The van der Waals surface area contributed by atoms with E-state index >= 15 is 0 Å². The summed E-state index contributed by atoms with van der Waals surface area (Å²) in [5.74, 6) is 2.85. The van der Waals surface area contributed by atoms with E-state index in [-0.39, 0.29) is 35.9 Å². The molecule has 6 aromatic rings. The van der Waals surface area contributed by atoms with Gasteiger partial charge in [0.05, 0.1) is 61.9 Å². The molecule has 2 aromatic heterocycles. The van der Waals surface area contributed by atoms with Crippen LogP contribution in [0.15, 0.2) is 79.0 Å². The van der Waals surface area contributed by atoms with Gasteiger partial charge in [-0.1, -0.05) is 62.4 Å². The Hall–Kier alpha value is -6.45. The van der Waals surface area contributed by atoms with Crippen molar-refractivity contribution < 1.29 is 33.3 Å². The van der Waals surface area contributed by atoms with E-state index in [1.807, 2.05) is 55.3 Å². The van der Waals surface area contributed by atoms with Crippen LogP contribution in [0.1, 0.15) is 74.0 Å². The standard InChI is InChI=1S/C49H54N8O7/c1-26(2)43(55-49(60)63-5)47(58)57-22-27(24-61-3)15-40(57)45-50-21-37(52-45)30-11-13-33-32(16-30)25-64-42-20-34-29(17-35(33)42)12-14-36-44(34)54-46(51-36)41-19-31-18-39(31)56(41)23-38(53-48(59)62-4)28-9-7-6-8-10-28/h6-14,16-17,20-21,26-27,31,38-41,43H,15,18-19,22-25H2,1-5H3,(H,50,52)(H,51,54)(H,53,59)(H,55,60)/t27-,31+,38-,39+,40-,41-,43-/m0/s1. The predicted octanol–water partition coefficient (Wildman–Crippen LogP) is 7.81. The Balaban J connectivity index is 0.900. The van der Waals surface area contributed by atoms with E-state index in [0.29, 0.717) is 50.5 Å². The molecule has 3 fully saturated rings. The van der Waals surface area contributed by atoms with Crippen LogP contribution in [-0.4, -0.2) is 101 Å². The van der Waals surface area contributed by atoms with E-state index in [2.05, 4.69) is 68.0 Å². The average molecular weight is 867 g/mol. The maximum absolute atomic E-state index is 14.0. The second-order valence-corrected chi connectivity index (χ2v) is 18.0. The number of alkyl carbamates (subject to hydrolysis) is 2. The SMILES string of the molecule is COC[C@H]1C[C@@H](c2ncc(-c3ccc4c(c3)COc3cc5c(ccc6[nH]c([C@@H]7C[C@H]8C[C@H]8N7C[C@H](NC(=O)OC)c7ccccc7)nc65)cc3-4)[nH]2)N(C(=O)[C@@H](NC(=O)OC)C(C)C)C1. The first-order valence-corrected chi connectivity index (χ1v) is 22.2. The third-order valence-corrected chi connectivity index (χ3v) is 13.7. The van der Waals surface area contributed by atoms with Gasteiger partial charge in [-0.15, -0.1) is 0 Å². The maximum atomic E-state index is 14.0. The van der Waals surface area contributed by atoms with Crippen LogP contribution in [-0.2, 0) is 25.6 Å². The fourth-order valence-electron chi connectivity index (χ4n) is 10.4. The van der Waals surface area contributed by atoms with Crippen molar-refractivity contribution in [3.63, 3.8) is 0 Å². The molecule has 3 amide bonds. The van der Waals surface area contributed by atoms with Gasteiger partial charge >= 0.3 is 12.2 Å². The van der Waals surface area contributed by atoms with Crippen LogP contribution in [0.5, 0.6) is 5.75 Å². The van der Waals surface area contributed by atoms with Crippen LogP contribution in [0.4, 0.5) is 9.59 Å². The zero-order valence-electron chi connectivity index (χ0n) is 36.7. The molecular formula is C49H54N8O7. The molecule has 1 aliphatic carbocycles. The van der Waals surface area contributed by atoms with Crippen molar-refractivity contribution in [1.82, 2.24) is 40.4 Å². The summed E-state index contributed by atoms with van der Waals surface area (Å²) in [5.41, 5.74) is 7.92. The Morgan fingerprint density at radius 1 is 0.875 bits per heavy atom. The molecule has 4 N–H and O–H groups in total. The third-order valence-electron chi connectivity index (χ3n) is 13.7. The molecule has 1 saturated carbocycles. The number of nitrogens with zero attached hydrogens (tertiary/aromatic N) is 4. The number of ether oxygens (including phenoxy) is 4. The van der Waals surface area contributed by atoms with Gasteiger partial charge in [0.1, 0.15) is 30.0 Å². The second-order valence-electron chi connectivity index (χ2n) is 18.0. The van der Waals surface area contributed by atoms with E-state index < -0.39 is 18.2 Å². The van der Waals surface area contributed by atoms with Crippen LogP contribution in [0, 0.1) is 17.8 Å². The molecular weight excluding hydrogens is 813 g/mol. The number of piperidine rings is 1. The fraction of sp³-hybridized carbons (Fsp3) is 0.408. The van der Waals surface area contributed by atoms with Crippen molar-refractivity contribution >= 4 is 39.9 Å². The minimum atomic E-state index is -0.745. The minimum Gasteiger partial charge on any atom is -0.488 e. The number of rotatable bonds is 12. The summed E-state index contributed by atoms with van der Waals surface area (Å²) in [6, 6.07) is 24.3. The van der Waals surface area contributed by atoms with Gasteiger partial charge in [-0.3, -0.25) is 9.69 Å². The lowest BCUT2D eigenvalue weighted by Gasteiger charge is -2.30. The van der Waals surface area contributed by atoms with Gasteiger partial charge < -0.3 is 44.4 Å². The number of hydrogen-bond acceptors (Lipinski definition) is 10. The number of hydrogen-bond donors (Lipinski definition) is 4. The number of benzene rings is 4. The van der Waals surface area contributed by atoms with Crippen molar-refractivity contribution in [3.05, 3.63) is 102 Å². The smallest absolute Gasteiger partial charge is 0.407 e. The Labute approximate surface area is 371 Å². The highest BCUT2D eigenvalue weighted by molar-refractivity contribution is 6.07. The lowest BCUT2D eigenvalue weighted by atomic mass is 9.92. The van der Waals surface area contributed by atoms with E-state index in [4.69, 9.17) is 28.9 Å². The second kappa shape index (κ2) is 16.9. The van der Waals surface area contributed by atoms with Gasteiger partial charge in [0.2, 0.25) is 5.91 Å². The zero-order valence-corrected chi connectivity index (χ0v) is 36.7. The molecule has 4 aliphatic rings. The van der Waals surface area contributed by atoms with Crippen LogP contribution in [0.25, 0.3) is 44.2 Å². The molecule has 3 aliphatic heterocycles. The molecule has 15 nitrogen and oxygen atoms in total. The topological polar surface area (TPSA) is 176 Å². The molecule has 5 heterocycles. The number of carbonyl (C=O) groups is 3. The lowest BCUT2D eigenvalue weighted by Crippen LogP contribution is -2.51. The maximum Gasteiger partial charge on any atom is 0.407 e. The van der Waals surface area contributed by atoms with Gasteiger partial charge in [-0.2, -0.15) is 0 Å². The fourth-order valence-corrected chi connectivity index (χ4v) is 10.4. The summed E-state index contributed by atoms with van der Waals surface area (Å²) in [7, 11) is 4.36. The van der Waals surface area contributed by atoms with Crippen molar-refractivity contribution in [2.24, 2.45) is 17.8 Å². The van der Waals surface area contributed by atoms with E-state index in [1.165, 1.54) is 14.2 Å². The van der Waals surface area contributed by atoms with E-state index in [9.17, 15) is 14.4 Å². The number of fused-ring (bicyclic) bond motifs is 7. The van der Waals surface area contributed by atoms with Crippen molar-refractivity contribution in [1.29, 1.82) is 0 Å². The molecule has 4 aromatic carbocycles. The number of carbonyl (C=O) groups excluding carboxylic acids is 3. The zero-order chi connectivity index (χ0) is 44.2. The molecule has 2 saturated heterocycles. The Bertz CT molecular complexity index is 2730. The van der Waals surface area contributed by atoms with Crippen molar-refractivity contribution in [2.45, 2.75) is 69.9 Å². The number of aromatic amines is 2. The van der Waals surface area contributed by atoms with E-state index in [1.54, 1.807) is 7.11 Å². The Morgan fingerprint density at radius 3 is 2.47 bits per heavy atom. The summed E-state index contributed by atoms with van der Waals surface area (Å²) >= 11 is 0. The first-order valence-electron chi connectivity index (χ1n) is 22.2. The summed E-state index contributed by atoms with van der Waals surface area (Å²) in [6.07, 6.45) is 3.58. The van der Waals surface area contributed by atoms with Gasteiger partial charge in [0.25, 0.3) is 0 Å². The first-order chi connectivity index (χ1) is 31.1. The van der Waals surface area contributed by atoms with Crippen molar-refractivity contribution in [3.8, 4) is 28.1 Å². The summed E-state index contributed by atoms with van der Waals surface area (Å²) in [6.45, 7) is 5.86. The highest BCUT2D eigenvalue weighted by Gasteiger charge is 2.53. The number of imidazole rings is 2. The number of likely N-dealkylation sites (tertiary alicyclic amines) is 2. The molecule has 0 radical (unpaired) electrons. The number of nitrogens with one attached hydrogen (secondary N) is 4. The van der Waals surface area contributed by atoms with Crippen LogP contribution in [0.3, 0.4) is 0 Å². The first kappa shape index (κ1) is 41.6. The van der Waals surface area contributed by atoms with Crippen LogP contribution < -0.4 is 15.4 Å². The predicted molar refractivity (Wildman–Crippen MR) is 240 cm³/mol. The van der Waals surface area contributed by atoms with Gasteiger partial charge in [0.15, 0.2) is 0 Å². The summed E-state index contributed by atoms with van der Waals surface area (Å²) in [4.78, 5) is 60.2. The van der Waals surface area contributed by atoms with E-state index in [0.717, 1.165) is 79.7 Å². The number of H-pyrrole nitrogens is 2. The molecule has 7 atom stereocenters. The third kappa shape index (κ3) is 7.70. The molecule has 0 bridgehead atoms. The van der Waals surface area contributed by atoms with Crippen LogP contribution in [0.2, 0.25) is 0 Å². The summed E-state index contributed by atoms with van der Waals surface area (Å²) < 4.78 is 21.8. The highest BCUT2D eigenvalue weighted by Crippen LogP contribution is 2.54. The molecule has 0 unspecified atom stereocenters. The highest BCUT2D eigenvalue weighted by atomic mass is 16.5. The van der Waals surface area contributed by atoms with Crippen molar-refractivity contribution in [2.75, 3.05) is 41.0 Å². The number of amides is 3. The molecule has 10 rings (SSSR count). The normalized spacial score (nSPS) is 22.1. The number of aromatic nitrogens is 4. The Morgan fingerprint density at radius 2 is 1.69 bits per heavy atom. The van der Waals surface area contributed by atoms with Crippen LogP contribution >= 0.6 is 0 Å².